The van der Waals surface area contributed by atoms with E-state index in [0.29, 0.717) is 12.3 Å². The number of aromatic nitrogens is 2. The zero-order chi connectivity index (χ0) is 9.47. The van der Waals surface area contributed by atoms with Crippen LogP contribution in [-0.4, -0.2) is 20.5 Å². The van der Waals surface area contributed by atoms with Crippen molar-refractivity contribution in [3.05, 3.63) is 18.0 Å². The van der Waals surface area contributed by atoms with Crippen LogP contribution in [0, 0.1) is 5.92 Å². The third-order valence-electron chi connectivity index (χ3n) is 2.74. The molecule has 1 heterocycles. The second-order valence-corrected chi connectivity index (χ2v) is 4.40. The van der Waals surface area contributed by atoms with Crippen molar-refractivity contribution >= 4 is 0 Å². The Morgan fingerprint density at radius 2 is 2.38 bits per heavy atom. The standard InChI is InChI=1S/C10H16N2O/c1-8-5-10(13,6-8)7-9-3-4-12(2)11-9/h3-4,8,13H,5-7H2,1-2H3. The lowest BCUT2D eigenvalue weighted by molar-refractivity contribution is -0.0673. The normalized spacial score (nSPS) is 33.0. The van der Waals surface area contributed by atoms with Crippen molar-refractivity contribution in [1.29, 1.82) is 0 Å². The van der Waals surface area contributed by atoms with Gasteiger partial charge in [0.05, 0.1) is 11.3 Å². The number of nitrogens with zero attached hydrogens (tertiary/aromatic N) is 2. The monoisotopic (exact) mass is 180 g/mol. The maximum Gasteiger partial charge on any atom is 0.0708 e. The van der Waals surface area contributed by atoms with E-state index in [2.05, 4.69) is 12.0 Å². The molecule has 0 aliphatic heterocycles. The van der Waals surface area contributed by atoms with Gasteiger partial charge in [-0.05, 0) is 24.8 Å². The van der Waals surface area contributed by atoms with Crippen molar-refractivity contribution in [3.8, 4) is 0 Å². The lowest BCUT2D eigenvalue weighted by Gasteiger charge is -2.41. The molecule has 72 valence electrons. The predicted octanol–water partition coefficient (Wildman–Crippen LogP) is 1.12. The van der Waals surface area contributed by atoms with Gasteiger partial charge in [0.25, 0.3) is 0 Å². The Bertz CT molecular complexity index is 300. The molecule has 1 aromatic rings. The Morgan fingerprint density at radius 3 is 2.85 bits per heavy atom. The van der Waals surface area contributed by atoms with E-state index >= 15 is 0 Å². The van der Waals surface area contributed by atoms with Crippen LogP contribution >= 0.6 is 0 Å². The van der Waals surface area contributed by atoms with Crippen molar-refractivity contribution in [2.45, 2.75) is 31.8 Å². The average molecular weight is 180 g/mol. The molecule has 3 heteroatoms. The molecule has 13 heavy (non-hydrogen) atoms. The molecule has 0 atom stereocenters. The van der Waals surface area contributed by atoms with E-state index in [1.54, 1.807) is 4.68 Å². The molecular weight excluding hydrogens is 164 g/mol. The molecule has 0 spiro atoms. The minimum absolute atomic E-state index is 0.465. The average Bonchev–Trinajstić information content (AvgIpc) is 2.32. The molecule has 0 amide bonds. The summed E-state index contributed by atoms with van der Waals surface area (Å²) >= 11 is 0. The predicted molar refractivity (Wildman–Crippen MR) is 50.3 cm³/mol. The Balaban J connectivity index is 1.99. The molecule has 1 aliphatic carbocycles. The van der Waals surface area contributed by atoms with E-state index in [0.717, 1.165) is 18.5 Å². The largest absolute Gasteiger partial charge is 0.389 e. The van der Waals surface area contributed by atoms with E-state index in [9.17, 15) is 5.11 Å². The summed E-state index contributed by atoms with van der Waals surface area (Å²) in [5.74, 6) is 0.675. The summed E-state index contributed by atoms with van der Waals surface area (Å²) in [4.78, 5) is 0. The summed E-state index contributed by atoms with van der Waals surface area (Å²) in [7, 11) is 1.90. The highest BCUT2D eigenvalue weighted by Gasteiger charge is 2.40. The van der Waals surface area contributed by atoms with Crippen molar-refractivity contribution in [2.75, 3.05) is 0 Å². The van der Waals surface area contributed by atoms with Gasteiger partial charge in [0, 0.05) is 19.7 Å². The van der Waals surface area contributed by atoms with Gasteiger partial charge in [0.2, 0.25) is 0 Å². The fourth-order valence-corrected chi connectivity index (χ4v) is 2.28. The second kappa shape index (κ2) is 2.84. The SMILES string of the molecule is CC1CC(O)(Cc2ccn(C)n2)C1. The zero-order valence-corrected chi connectivity index (χ0v) is 8.20. The highest BCUT2D eigenvalue weighted by molar-refractivity contribution is 5.07. The van der Waals surface area contributed by atoms with Crippen LogP contribution in [0.1, 0.15) is 25.5 Å². The fourth-order valence-electron chi connectivity index (χ4n) is 2.28. The molecule has 0 radical (unpaired) electrons. The first kappa shape index (κ1) is 8.75. The van der Waals surface area contributed by atoms with Crippen LogP contribution in [0.4, 0.5) is 0 Å². The van der Waals surface area contributed by atoms with Gasteiger partial charge in [0.1, 0.15) is 0 Å². The van der Waals surface area contributed by atoms with Gasteiger partial charge < -0.3 is 5.11 Å². The van der Waals surface area contributed by atoms with Crippen LogP contribution in [0.3, 0.4) is 0 Å². The first-order chi connectivity index (χ1) is 6.07. The van der Waals surface area contributed by atoms with Gasteiger partial charge in [-0.1, -0.05) is 6.92 Å². The van der Waals surface area contributed by atoms with Crippen LogP contribution in [0.25, 0.3) is 0 Å². The highest BCUT2D eigenvalue weighted by Crippen LogP contribution is 2.39. The van der Waals surface area contributed by atoms with E-state index in [-0.39, 0.29) is 0 Å². The van der Waals surface area contributed by atoms with Gasteiger partial charge in [0.15, 0.2) is 0 Å². The number of aryl methyl sites for hydroxylation is 1. The van der Waals surface area contributed by atoms with E-state index in [4.69, 9.17) is 0 Å². The highest BCUT2D eigenvalue weighted by atomic mass is 16.3. The third-order valence-corrected chi connectivity index (χ3v) is 2.74. The van der Waals surface area contributed by atoms with E-state index < -0.39 is 5.60 Å². The maximum atomic E-state index is 9.99. The minimum Gasteiger partial charge on any atom is -0.389 e. The van der Waals surface area contributed by atoms with E-state index in [1.165, 1.54) is 0 Å². The number of rotatable bonds is 2. The molecule has 0 saturated heterocycles. The fraction of sp³-hybridized carbons (Fsp3) is 0.700. The summed E-state index contributed by atoms with van der Waals surface area (Å²) < 4.78 is 1.78. The van der Waals surface area contributed by atoms with Crippen LogP contribution in [-0.2, 0) is 13.5 Å². The Morgan fingerprint density at radius 1 is 1.69 bits per heavy atom. The molecule has 1 aliphatic rings. The molecule has 1 saturated carbocycles. The first-order valence-corrected chi connectivity index (χ1v) is 4.78. The lowest BCUT2D eigenvalue weighted by atomic mass is 9.70. The summed E-state index contributed by atoms with van der Waals surface area (Å²) in [6.45, 7) is 2.17. The van der Waals surface area contributed by atoms with Crippen molar-refractivity contribution < 1.29 is 5.11 Å². The van der Waals surface area contributed by atoms with Crippen molar-refractivity contribution in [2.24, 2.45) is 13.0 Å². The van der Waals surface area contributed by atoms with Crippen molar-refractivity contribution in [1.82, 2.24) is 9.78 Å². The zero-order valence-electron chi connectivity index (χ0n) is 8.20. The van der Waals surface area contributed by atoms with Crippen LogP contribution in [0.5, 0.6) is 0 Å². The minimum atomic E-state index is -0.465. The topological polar surface area (TPSA) is 38.0 Å². The Hall–Kier alpha value is -0.830. The van der Waals surface area contributed by atoms with Gasteiger partial charge >= 0.3 is 0 Å². The summed E-state index contributed by atoms with van der Waals surface area (Å²) in [6.07, 6.45) is 4.46. The molecular formula is C10H16N2O. The number of aliphatic hydroxyl groups is 1. The Kier molecular flexibility index (Phi) is 1.91. The van der Waals surface area contributed by atoms with Crippen LogP contribution < -0.4 is 0 Å². The molecule has 1 aromatic heterocycles. The number of hydrogen-bond acceptors (Lipinski definition) is 2. The van der Waals surface area contributed by atoms with Gasteiger partial charge in [-0.2, -0.15) is 5.10 Å². The second-order valence-electron chi connectivity index (χ2n) is 4.40. The van der Waals surface area contributed by atoms with Crippen LogP contribution in [0.15, 0.2) is 12.3 Å². The van der Waals surface area contributed by atoms with E-state index in [1.807, 2.05) is 19.3 Å². The lowest BCUT2D eigenvalue weighted by Crippen LogP contribution is -2.44. The smallest absolute Gasteiger partial charge is 0.0708 e. The van der Waals surface area contributed by atoms with Gasteiger partial charge in [-0.25, -0.2) is 0 Å². The Labute approximate surface area is 78.4 Å². The van der Waals surface area contributed by atoms with Gasteiger partial charge in [-0.15, -0.1) is 0 Å². The number of hydrogen-bond donors (Lipinski definition) is 1. The third kappa shape index (κ3) is 1.75. The molecule has 0 bridgehead atoms. The molecule has 0 unspecified atom stereocenters. The maximum absolute atomic E-state index is 9.99. The molecule has 0 aromatic carbocycles. The molecule has 1 fully saturated rings. The quantitative estimate of drug-likeness (QED) is 0.740. The van der Waals surface area contributed by atoms with Gasteiger partial charge in [-0.3, -0.25) is 4.68 Å². The first-order valence-electron chi connectivity index (χ1n) is 4.78. The van der Waals surface area contributed by atoms with Crippen molar-refractivity contribution in [3.63, 3.8) is 0 Å². The van der Waals surface area contributed by atoms with Crippen LogP contribution in [0.2, 0.25) is 0 Å². The summed E-state index contributed by atoms with van der Waals surface area (Å²) in [6, 6.07) is 1.97. The molecule has 1 N–H and O–H groups in total. The molecule has 3 nitrogen and oxygen atoms in total. The summed E-state index contributed by atoms with van der Waals surface area (Å²) in [5.41, 5.74) is 0.533. The summed E-state index contributed by atoms with van der Waals surface area (Å²) in [5, 5.41) is 14.3. The molecule has 2 rings (SSSR count).